The van der Waals surface area contributed by atoms with Crippen LogP contribution in [0.2, 0.25) is 0 Å². The van der Waals surface area contributed by atoms with Crippen LogP contribution >= 0.6 is 0 Å². The quantitative estimate of drug-likeness (QED) is 0.354. The number of nitro groups is 1. The lowest BCUT2D eigenvalue weighted by atomic mass is 10.0. The highest BCUT2D eigenvalue weighted by atomic mass is 16.6. The van der Waals surface area contributed by atoms with E-state index in [1.54, 1.807) is 0 Å². The van der Waals surface area contributed by atoms with Gasteiger partial charge in [-0.1, -0.05) is 30.3 Å². The number of nitrogens with zero attached hydrogens (tertiary/aromatic N) is 3. The van der Waals surface area contributed by atoms with Gasteiger partial charge in [0.15, 0.2) is 11.5 Å². The number of carbonyl (C=O) groups is 1. The summed E-state index contributed by atoms with van der Waals surface area (Å²) in [5.74, 6) is -0.115. The molecule has 1 atom stereocenters. The average Bonchev–Trinajstić information content (AvgIpc) is 3.32. The molecule has 0 bridgehead atoms. The molecule has 188 valence electrons. The Labute approximate surface area is 210 Å². The van der Waals surface area contributed by atoms with E-state index in [2.05, 4.69) is 34.5 Å². The molecule has 1 aliphatic rings. The number of amides is 1. The van der Waals surface area contributed by atoms with E-state index in [1.165, 1.54) is 31.9 Å². The van der Waals surface area contributed by atoms with Crippen molar-refractivity contribution in [1.29, 1.82) is 0 Å². The molecule has 0 saturated carbocycles. The molecule has 0 spiro atoms. The van der Waals surface area contributed by atoms with Gasteiger partial charge in [-0.25, -0.2) is 0 Å². The van der Waals surface area contributed by atoms with Crippen molar-refractivity contribution in [2.75, 3.05) is 51.2 Å². The predicted octanol–water partition coefficient (Wildman–Crippen LogP) is 4.21. The van der Waals surface area contributed by atoms with Gasteiger partial charge in [-0.05, 0) is 35.7 Å². The van der Waals surface area contributed by atoms with Gasteiger partial charge in [-0.2, -0.15) is 0 Å². The van der Waals surface area contributed by atoms with Gasteiger partial charge < -0.3 is 24.6 Å². The van der Waals surface area contributed by atoms with E-state index in [-0.39, 0.29) is 35.3 Å². The van der Waals surface area contributed by atoms with Crippen molar-refractivity contribution >= 4 is 23.0 Å². The van der Waals surface area contributed by atoms with Crippen LogP contribution in [-0.2, 0) is 6.42 Å². The number of anilines is 2. The third kappa shape index (κ3) is 4.91. The number of fused-ring (bicyclic) bond motifs is 1. The Kier molecular flexibility index (Phi) is 7.28. The second kappa shape index (κ2) is 10.6. The SMILES string of the molecule is COc1cc(C(=O)NC[C@@H](c2ccc(N(C)C)cc2)N2CCc3ccccc32)c([N+](=O)[O-])cc1OC. The molecule has 1 heterocycles. The lowest BCUT2D eigenvalue weighted by Gasteiger charge is -2.31. The molecule has 1 amide bonds. The monoisotopic (exact) mass is 490 g/mol. The zero-order valence-electron chi connectivity index (χ0n) is 20.9. The second-order valence-corrected chi connectivity index (χ2v) is 8.77. The van der Waals surface area contributed by atoms with Crippen LogP contribution in [0.15, 0.2) is 60.7 Å². The molecule has 1 N–H and O–H groups in total. The molecule has 3 aromatic rings. The normalized spacial score (nSPS) is 13.1. The number of hydrogen-bond acceptors (Lipinski definition) is 7. The molecule has 4 rings (SSSR count). The number of nitro benzene ring substituents is 1. The third-order valence-electron chi connectivity index (χ3n) is 6.49. The zero-order chi connectivity index (χ0) is 25.8. The van der Waals surface area contributed by atoms with Gasteiger partial charge in [0.25, 0.3) is 11.6 Å². The molecule has 0 unspecified atom stereocenters. The van der Waals surface area contributed by atoms with E-state index in [4.69, 9.17) is 9.47 Å². The zero-order valence-corrected chi connectivity index (χ0v) is 20.9. The Morgan fingerprint density at radius 3 is 2.39 bits per heavy atom. The molecule has 0 radical (unpaired) electrons. The molecule has 0 saturated heterocycles. The van der Waals surface area contributed by atoms with E-state index >= 15 is 0 Å². The van der Waals surface area contributed by atoms with Crippen molar-refractivity contribution in [2.45, 2.75) is 12.5 Å². The van der Waals surface area contributed by atoms with Gasteiger partial charge >= 0.3 is 0 Å². The molecule has 9 nitrogen and oxygen atoms in total. The topological polar surface area (TPSA) is 97.2 Å². The van der Waals surface area contributed by atoms with Crippen molar-refractivity contribution in [3.63, 3.8) is 0 Å². The van der Waals surface area contributed by atoms with Crippen LogP contribution in [0.25, 0.3) is 0 Å². The maximum atomic E-state index is 13.2. The second-order valence-electron chi connectivity index (χ2n) is 8.77. The molecule has 0 aromatic heterocycles. The van der Waals surface area contributed by atoms with Crippen LogP contribution < -0.4 is 24.6 Å². The summed E-state index contributed by atoms with van der Waals surface area (Å²) in [6.07, 6.45) is 0.914. The number of para-hydroxylation sites is 1. The fourth-order valence-corrected chi connectivity index (χ4v) is 4.58. The van der Waals surface area contributed by atoms with Gasteiger partial charge in [-0.15, -0.1) is 0 Å². The summed E-state index contributed by atoms with van der Waals surface area (Å²) in [5, 5.41) is 14.6. The standard InChI is InChI=1S/C27H30N4O5/c1-29(2)20-11-9-19(10-12-20)24(30-14-13-18-7-5-6-8-22(18)30)17-28-27(32)21-15-25(35-3)26(36-4)16-23(21)31(33)34/h5-12,15-16,24H,13-14,17H2,1-4H3,(H,28,32)/t24-/m0/s1. The van der Waals surface area contributed by atoms with E-state index in [0.717, 1.165) is 29.9 Å². The highest BCUT2D eigenvalue weighted by Gasteiger charge is 2.29. The summed E-state index contributed by atoms with van der Waals surface area (Å²) in [7, 11) is 6.78. The Bertz CT molecular complexity index is 1260. The summed E-state index contributed by atoms with van der Waals surface area (Å²) in [4.78, 5) is 28.7. The van der Waals surface area contributed by atoms with Crippen molar-refractivity contribution < 1.29 is 19.2 Å². The largest absolute Gasteiger partial charge is 0.493 e. The lowest BCUT2D eigenvalue weighted by Crippen LogP contribution is -2.37. The van der Waals surface area contributed by atoms with Crippen LogP contribution in [0.3, 0.4) is 0 Å². The minimum atomic E-state index is -0.592. The van der Waals surface area contributed by atoms with Crippen LogP contribution in [0.5, 0.6) is 11.5 Å². The van der Waals surface area contributed by atoms with E-state index in [1.807, 2.05) is 43.3 Å². The Balaban J connectivity index is 1.65. The highest BCUT2D eigenvalue weighted by molar-refractivity contribution is 5.99. The number of nitrogens with one attached hydrogen (secondary N) is 1. The number of benzene rings is 3. The minimum Gasteiger partial charge on any atom is -0.493 e. The molecule has 1 aliphatic heterocycles. The van der Waals surface area contributed by atoms with Crippen LogP contribution in [0.1, 0.15) is 27.5 Å². The number of carbonyl (C=O) groups excluding carboxylic acids is 1. The molecular formula is C27H30N4O5. The molecule has 36 heavy (non-hydrogen) atoms. The predicted molar refractivity (Wildman–Crippen MR) is 140 cm³/mol. The molecule has 0 aliphatic carbocycles. The van der Waals surface area contributed by atoms with E-state index in [9.17, 15) is 14.9 Å². The molecule has 0 fully saturated rings. The van der Waals surface area contributed by atoms with Gasteiger partial charge in [0.1, 0.15) is 5.56 Å². The highest BCUT2D eigenvalue weighted by Crippen LogP contribution is 2.36. The molecular weight excluding hydrogens is 460 g/mol. The van der Waals surface area contributed by atoms with Crippen LogP contribution in [0.4, 0.5) is 17.1 Å². The first-order valence-electron chi connectivity index (χ1n) is 11.6. The van der Waals surface area contributed by atoms with Gasteiger partial charge in [0.2, 0.25) is 0 Å². The number of hydrogen-bond donors (Lipinski definition) is 1. The summed E-state index contributed by atoms with van der Waals surface area (Å²) in [6.45, 7) is 1.08. The van der Waals surface area contributed by atoms with Gasteiger partial charge in [0, 0.05) is 44.6 Å². The molecule has 9 heteroatoms. The Morgan fingerprint density at radius 2 is 1.75 bits per heavy atom. The first kappa shape index (κ1) is 24.8. The van der Waals surface area contributed by atoms with Crippen LogP contribution in [-0.4, -0.2) is 52.2 Å². The maximum absolute atomic E-state index is 13.2. The number of ether oxygens (including phenoxy) is 2. The van der Waals surface area contributed by atoms with Crippen molar-refractivity contribution in [1.82, 2.24) is 5.32 Å². The van der Waals surface area contributed by atoms with Crippen molar-refractivity contribution in [2.24, 2.45) is 0 Å². The van der Waals surface area contributed by atoms with Gasteiger partial charge in [0.05, 0.1) is 31.3 Å². The summed E-state index contributed by atoms with van der Waals surface area (Å²) in [5.41, 5.74) is 4.08. The van der Waals surface area contributed by atoms with Crippen LogP contribution in [0, 0.1) is 10.1 Å². The summed E-state index contributed by atoms with van der Waals surface area (Å²) < 4.78 is 10.4. The fraction of sp³-hybridized carbons (Fsp3) is 0.296. The Hall–Kier alpha value is -4.27. The number of rotatable bonds is 9. The maximum Gasteiger partial charge on any atom is 0.286 e. The van der Waals surface area contributed by atoms with Crippen molar-refractivity contribution in [3.8, 4) is 11.5 Å². The van der Waals surface area contributed by atoms with E-state index < -0.39 is 10.8 Å². The fourth-order valence-electron chi connectivity index (χ4n) is 4.58. The Morgan fingerprint density at radius 1 is 1.08 bits per heavy atom. The summed E-state index contributed by atoms with van der Waals surface area (Å²) in [6, 6.07) is 18.9. The minimum absolute atomic E-state index is 0.0822. The first-order chi connectivity index (χ1) is 17.3. The number of methoxy groups -OCH3 is 2. The molecule has 3 aromatic carbocycles. The van der Waals surface area contributed by atoms with E-state index in [0.29, 0.717) is 0 Å². The lowest BCUT2D eigenvalue weighted by molar-refractivity contribution is -0.385. The first-order valence-corrected chi connectivity index (χ1v) is 11.6. The van der Waals surface area contributed by atoms with Crippen molar-refractivity contribution in [3.05, 3.63) is 87.5 Å². The third-order valence-corrected chi connectivity index (χ3v) is 6.49. The summed E-state index contributed by atoms with van der Waals surface area (Å²) >= 11 is 0. The average molecular weight is 491 g/mol. The smallest absolute Gasteiger partial charge is 0.286 e. The van der Waals surface area contributed by atoms with Gasteiger partial charge in [-0.3, -0.25) is 14.9 Å².